The van der Waals surface area contributed by atoms with Crippen molar-refractivity contribution >= 4 is 79.9 Å². The smallest absolute Gasteiger partial charge is 0.265 e. The molecule has 1 fully saturated rings. The summed E-state index contributed by atoms with van der Waals surface area (Å²) in [6.07, 6.45) is 1.68. The van der Waals surface area contributed by atoms with E-state index >= 15 is 0 Å². The third-order valence-corrected chi connectivity index (χ3v) is 5.91. The summed E-state index contributed by atoms with van der Waals surface area (Å²) in [6.45, 7) is 1.46. The molecule has 25 heavy (non-hydrogen) atoms. The summed E-state index contributed by atoms with van der Waals surface area (Å²) >= 11 is 13.7. The molecule has 0 bridgehead atoms. The van der Waals surface area contributed by atoms with Gasteiger partial charge < -0.3 is 0 Å². The summed E-state index contributed by atoms with van der Waals surface area (Å²) < 4.78 is 0.510. The van der Waals surface area contributed by atoms with Crippen molar-refractivity contribution in [2.45, 2.75) is 6.92 Å². The Morgan fingerprint density at radius 3 is 2.80 bits per heavy atom. The summed E-state index contributed by atoms with van der Waals surface area (Å²) in [5, 5.41) is 2.83. The number of thioether (sulfide) groups is 1. The van der Waals surface area contributed by atoms with Crippen LogP contribution in [0.15, 0.2) is 34.6 Å². The highest BCUT2D eigenvalue weighted by Crippen LogP contribution is 2.34. The van der Waals surface area contributed by atoms with Crippen molar-refractivity contribution in [1.82, 2.24) is 9.88 Å². The molecule has 2 amide bonds. The van der Waals surface area contributed by atoms with E-state index in [4.69, 9.17) is 23.8 Å². The lowest BCUT2D eigenvalue weighted by Gasteiger charge is -2.18. The zero-order valence-electron chi connectivity index (χ0n) is 13.2. The number of anilines is 2. The Balaban J connectivity index is 1.93. The van der Waals surface area contributed by atoms with Crippen LogP contribution in [-0.4, -0.2) is 33.1 Å². The Labute approximate surface area is 163 Å². The van der Waals surface area contributed by atoms with Crippen molar-refractivity contribution in [2.24, 2.45) is 0 Å². The maximum Gasteiger partial charge on any atom is 0.265 e. The fourth-order valence-corrected chi connectivity index (χ4v) is 4.36. The molecule has 128 valence electrons. The van der Waals surface area contributed by atoms with Crippen LogP contribution in [0.25, 0.3) is 6.08 Å². The molecule has 1 aliphatic rings. The van der Waals surface area contributed by atoms with E-state index in [9.17, 15) is 9.59 Å². The predicted octanol–water partition coefficient (Wildman–Crippen LogP) is 4.31. The predicted molar refractivity (Wildman–Crippen MR) is 107 cm³/mol. The van der Waals surface area contributed by atoms with Crippen LogP contribution >= 0.6 is 46.9 Å². The van der Waals surface area contributed by atoms with Crippen LogP contribution in [0.3, 0.4) is 0 Å². The van der Waals surface area contributed by atoms with Gasteiger partial charge in [-0.2, -0.15) is 0 Å². The maximum atomic E-state index is 12.1. The number of likely N-dealkylation sites (N-methyl/N-ethyl adjacent to an activating group) is 1. The van der Waals surface area contributed by atoms with Gasteiger partial charge in [0.2, 0.25) is 5.91 Å². The van der Waals surface area contributed by atoms with Gasteiger partial charge in [0.25, 0.3) is 5.91 Å². The second-order valence-electron chi connectivity index (χ2n) is 5.13. The van der Waals surface area contributed by atoms with E-state index in [-0.39, 0.29) is 11.8 Å². The van der Waals surface area contributed by atoms with E-state index in [0.717, 1.165) is 0 Å². The number of hydrogen-bond acceptors (Lipinski definition) is 6. The molecule has 1 aromatic heterocycles. The first-order valence-corrected chi connectivity index (χ1v) is 9.58. The monoisotopic (exact) mass is 409 g/mol. The van der Waals surface area contributed by atoms with Gasteiger partial charge in [0.1, 0.15) is 4.32 Å². The van der Waals surface area contributed by atoms with Gasteiger partial charge in [-0.25, -0.2) is 4.98 Å². The first-order chi connectivity index (χ1) is 11.9. The minimum atomic E-state index is -0.178. The van der Waals surface area contributed by atoms with Crippen molar-refractivity contribution in [1.29, 1.82) is 0 Å². The molecule has 1 saturated heterocycles. The highest BCUT2D eigenvalue weighted by molar-refractivity contribution is 8.26. The van der Waals surface area contributed by atoms with Crippen LogP contribution in [0.5, 0.6) is 0 Å². The number of aromatic nitrogens is 1. The standard InChI is InChI=1S/C16H12ClN3O2S3/c1-9(21)20(12-5-3-4-10(17)6-12)15-18-11(8-24-15)7-13-14(22)19(2)16(23)25-13/h3-8H,1-2H3/b13-7+. The first-order valence-electron chi connectivity index (χ1n) is 7.10. The molecule has 0 unspecified atom stereocenters. The Kier molecular flexibility index (Phi) is 5.24. The summed E-state index contributed by atoms with van der Waals surface area (Å²) in [4.78, 5) is 32.1. The largest absolute Gasteiger partial charge is 0.296 e. The second-order valence-corrected chi connectivity index (χ2v) is 8.08. The molecule has 0 atom stereocenters. The molecule has 1 aliphatic heterocycles. The average molecular weight is 410 g/mol. The van der Waals surface area contributed by atoms with Gasteiger partial charge >= 0.3 is 0 Å². The van der Waals surface area contributed by atoms with E-state index < -0.39 is 0 Å². The van der Waals surface area contributed by atoms with E-state index in [2.05, 4.69) is 4.98 Å². The number of carbonyl (C=O) groups is 2. The number of thiazole rings is 1. The Bertz CT molecular complexity index is 910. The first kappa shape index (κ1) is 18.1. The molecule has 9 heteroatoms. The van der Waals surface area contributed by atoms with E-state index in [0.29, 0.717) is 30.8 Å². The van der Waals surface area contributed by atoms with Crippen LogP contribution in [0, 0.1) is 0 Å². The fraction of sp³-hybridized carbons (Fsp3) is 0.125. The van der Waals surface area contributed by atoms with Crippen LogP contribution in [0.1, 0.15) is 12.6 Å². The molecule has 0 aliphatic carbocycles. The van der Waals surface area contributed by atoms with Crippen LogP contribution in [-0.2, 0) is 9.59 Å². The molecule has 0 spiro atoms. The van der Waals surface area contributed by atoms with Gasteiger partial charge in [-0.1, -0.05) is 41.6 Å². The highest BCUT2D eigenvalue weighted by atomic mass is 35.5. The SMILES string of the molecule is CC(=O)N(c1cccc(Cl)c1)c1nc(/C=C2/SC(=S)N(C)C2=O)cs1. The molecule has 2 heterocycles. The van der Waals surface area contributed by atoms with Gasteiger partial charge in [0.05, 0.1) is 16.3 Å². The summed E-state index contributed by atoms with van der Waals surface area (Å²) in [6, 6.07) is 7.00. The fourth-order valence-electron chi connectivity index (χ4n) is 2.17. The Morgan fingerprint density at radius 1 is 1.44 bits per heavy atom. The third kappa shape index (κ3) is 3.77. The molecule has 1 aromatic carbocycles. The Morgan fingerprint density at radius 2 is 2.20 bits per heavy atom. The molecular weight excluding hydrogens is 398 g/mol. The quantitative estimate of drug-likeness (QED) is 0.558. The number of hydrogen-bond donors (Lipinski definition) is 0. The topological polar surface area (TPSA) is 53.5 Å². The minimum Gasteiger partial charge on any atom is -0.296 e. The van der Waals surface area contributed by atoms with Crippen molar-refractivity contribution in [3.8, 4) is 0 Å². The minimum absolute atomic E-state index is 0.150. The van der Waals surface area contributed by atoms with Crippen molar-refractivity contribution in [3.63, 3.8) is 0 Å². The summed E-state index contributed by atoms with van der Waals surface area (Å²) in [5.41, 5.74) is 1.24. The molecule has 0 N–H and O–H groups in total. The maximum absolute atomic E-state index is 12.1. The van der Waals surface area contributed by atoms with Crippen molar-refractivity contribution < 1.29 is 9.59 Å². The van der Waals surface area contributed by atoms with E-state index in [1.807, 2.05) is 0 Å². The van der Waals surface area contributed by atoms with Gasteiger partial charge in [-0.15, -0.1) is 11.3 Å². The normalized spacial score (nSPS) is 16.0. The number of rotatable bonds is 3. The molecule has 3 rings (SSSR count). The van der Waals surface area contributed by atoms with Gasteiger partial charge in [0, 0.05) is 24.4 Å². The molecule has 5 nitrogen and oxygen atoms in total. The van der Waals surface area contributed by atoms with E-state index in [1.54, 1.807) is 42.8 Å². The third-order valence-electron chi connectivity index (χ3n) is 3.35. The lowest BCUT2D eigenvalue weighted by Crippen LogP contribution is -2.22. The number of amides is 2. The summed E-state index contributed by atoms with van der Waals surface area (Å²) in [5.74, 6) is -0.328. The molecule has 0 saturated carbocycles. The summed E-state index contributed by atoms with van der Waals surface area (Å²) in [7, 11) is 1.64. The zero-order valence-corrected chi connectivity index (χ0v) is 16.4. The lowest BCUT2D eigenvalue weighted by molar-refractivity contribution is -0.121. The number of thiocarbonyl (C=S) groups is 1. The number of benzene rings is 1. The Hall–Kier alpha value is -1.74. The van der Waals surface area contributed by atoms with Crippen LogP contribution < -0.4 is 4.90 Å². The zero-order chi connectivity index (χ0) is 18.1. The molecule has 0 radical (unpaired) electrons. The molecule has 2 aromatic rings. The van der Waals surface area contributed by atoms with E-state index in [1.165, 1.54) is 39.8 Å². The molecular formula is C16H12ClN3O2S3. The number of carbonyl (C=O) groups excluding carboxylic acids is 2. The highest BCUT2D eigenvalue weighted by Gasteiger charge is 2.29. The van der Waals surface area contributed by atoms with Crippen molar-refractivity contribution in [3.05, 3.63) is 45.3 Å². The van der Waals surface area contributed by atoms with Crippen molar-refractivity contribution in [2.75, 3.05) is 11.9 Å². The van der Waals surface area contributed by atoms with Gasteiger partial charge in [0.15, 0.2) is 5.13 Å². The lowest BCUT2D eigenvalue weighted by atomic mass is 10.3. The number of halogens is 1. The van der Waals surface area contributed by atoms with Gasteiger partial charge in [-0.3, -0.25) is 19.4 Å². The average Bonchev–Trinajstić information content (AvgIpc) is 3.09. The van der Waals surface area contributed by atoms with Crippen LogP contribution in [0.2, 0.25) is 5.02 Å². The van der Waals surface area contributed by atoms with Crippen LogP contribution in [0.4, 0.5) is 10.8 Å². The van der Waals surface area contributed by atoms with Gasteiger partial charge in [-0.05, 0) is 24.3 Å². The second kappa shape index (κ2) is 7.25. The number of nitrogens with zero attached hydrogens (tertiary/aromatic N) is 3.